The highest BCUT2D eigenvalue weighted by molar-refractivity contribution is 9.10. The monoisotopic (exact) mass is 280 g/mol. The summed E-state index contributed by atoms with van der Waals surface area (Å²) in [5.74, 6) is 0. The molecule has 0 atom stereocenters. The van der Waals surface area contributed by atoms with E-state index in [0.717, 1.165) is 27.2 Å². The van der Waals surface area contributed by atoms with Gasteiger partial charge >= 0.3 is 0 Å². The van der Waals surface area contributed by atoms with Crippen LogP contribution in [0.25, 0.3) is 5.69 Å². The zero-order valence-corrected chi connectivity index (χ0v) is 10.8. The molecule has 0 saturated heterocycles. The number of nitrogens with two attached hydrogens (primary N) is 1. The quantitative estimate of drug-likeness (QED) is 0.917. The van der Waals surface area contributed by atoms with Crippen molar-refractivity contribution in [2.75, 3.05) is 0 Å². The minimum Gasteiger partial charge on any atom is -0.325 e. The fraction of sp³-hybridized carbons (Fsp3) is 0.273. The predicted molar refractivity (Wildman–Crippen MR) is 66.4 cm³/mol. The molecule has 0 fully saturated rings. The van der Waals surface area contributed by atoms with Crippen molar-refractivity contribution in [3.05, 3.63) is 39.9 Å². The van der Waals surface area contributed by atoms with Gasteiger partial charge in [-0.1, -0.05) is 0 Å². The molecule has 16 heavy (non-hydrogen) atoms. The van der Waals surface area contributed by atoms with Gasteiger partial charge in [0.15, 0.2) is 0 Å². The van der Waals surface area contributed by atoms with E-state index >= 15 is 0 Å². The zero-order chi connectivity index (χ0) is 11.7. The highest BCUT2D eigenvalue weighted by atomic mass is 79.9. The summed E-state index contributed by atoms with van der Waals surface area (Å²) in [5.41, 5.74) is 9.47. The van der Waals surface area contributed by atoms with Crippen molar-refractivity contribution in [2.24, 2.45) is 5.73 Å². The molecular weight excluding hydrogens is 268 g/mol. The second-order valence-electron chi connectivity index (χ2n) is 3.61. The maximum Gasteiger partial charge on any atom is 0.0743 e. The molecule has 84 valence electrons. The summed E-state index contributed by atoms with van der Waals surface area (Å²) in [6.45, 7) is 4.43. The van der Waals surface area contributed by atoms with E-state index in [9.17, 15) is 0 Å². The van der Waals surface area contributed by atoms with Crippen LogP contribution in [0.2, 0.25) is 0 Å². The third-order valence-electron chi connectivity index (χ3n) is 2.46. The predicted octanol–water partition coefficient (Wildman–Crippen LogP) is 2.11. The van der Waals surface area contributed by atoms with Gasteiger partial charge in [-0.3, -0.25) is 4.98 Å². The van der Waals surface area contributed by atoms with Crippen LogP contribution in [0, 0.1) is 13.8 Å². The van der Waals surface area contributed by atoms with Crippen LogP contribution in [0.15, 0.2) is 22.8 Å². The Bertz CT molecular complexity index is 519. The number of hydrogen-bond acceptors (Lipinski definition) is 3. The molecule has 4 nitrogen and oxygen atoms in total. The maximum atomic E-state index is 5.57. The Morgan fingerprint density at radius 2 is 2.19 bits per heavy atom. The Morgan fingerprint density at radius 3 is 2.75 bits per heavy atom. The third-order valence-corrected chi connectivity index (χ3v) is 3.60. The Labute approximate surface area is 103 Å². The Kier molecular flexibility index (Phi) is 3.07. The van der Waals surface area contributed by atoms with Crippen LogP contribution in [0.3, 0.4) is 0 Å². The van der Waals surface area contributed by atoms with Crippen molar-refractivity contribution < 1.29 is 0 Å². The lowest BCUT2D eigenvalue weighted by molar-refractivity contribution is 0.825. The van der Waals surface area contributed by atoms with Crippen molar-refractivity contribution in [2.45, 2.75) is 20.4 Å². The topological polar surface area (TPSA) is 56.7 Å². The van der Waals surface area contributed by atoms with Gasteiger partial charge in [0.1, 0.15) is 0 Å². The van der Waals surface area contributed by atoms with Crippen LogP contribution in [0.4, 0.5) is 0 Å². The first-order chi connectivity index (χ1) is 7.63. The largest absolute Gasteiger partial charge is 0.325 e. The molecule has 0 aliphatic rings. The molecule has 2 heterocycles. The van der Waals surface area contributed by atoms with Crippen LogP contribution in [0.1, 0.15) is 17.1 Å². The smallest absolute Gasteiger partial charge is 0.0743 e. The van der Waals surface area contributed by atoms with Gasteiger partial charge in [0.25, 0.3) is 0 Å². The fourth-order valence-electron chi connectivity index (χ4n) is 1.58. The van der Waals surface area contributed by atoms with Gasteiger partial charge in [-0.15, -0.1) is 0 Å². The molecule has 0 unspecified atom stereocenters. The molecule has 0 aliphatic heterocycles. The lowest BCUT2D eigenvalue weighted by Gasteiger charge is -2.05. The summed E-state index contributed by atoms with van der Waals surface area (Å²) >= 11 is 3.51. The van der Waals surface area contributed by atoms with Crippen molar-refractivity contribution in [3.8, 4) is 5.69 Å². The first kappa shape index (κ1) is 11.3. The summed E-state index contributed by atoms with van der Waals surface area (Å²) in [5, 5.41) is 4.46. The summed E-state index contributed by atoms with van der Waals surface area (Å²) in [6.07, 6.45) is 1.75. The van der Waals surface area contributed by atoms with Gasteiger partial charge in [0.2, 0.25) is 0 Å². The molecule has 0 aliphatic carbocycles. The Hall–Kier alpha value is -1.20. The summed E-state index contributed by atoms with van der Waals surface area (Å²) in [4.78, 5) is 4.16. The van der Waals surface area contributed by atoms with E-state index in [2.05, 4.69) is 26.0 Å². The van der Waals surface area contributed by atoms with E-state index in [1.807, 2.05) is 30.7 Å². The van der Waals surface area contributed by atoms with E-state index in [4.69, 9.17) is 5.73 Å². The van der Waals surface area contributed by atoms with Crippen molar-refractivity contribution in [1.82, 2.24) is 14.8 Å². The average molecular weight is 281 g/mol. The first-order valence-electron chi connectivity index (χ1n) is 5.00. The van der Waals surface area contributed by atoms with Gasteiger partial charge in [-0.05, 0) is 41.9 Å². The molecule has 0 amide bonds. The lowest BCUT2D eigenvalue weighted by atomic mass is 10.3. The van der Waals surface area contributed by atoms with Gasteiger partial charge in [0.05, 0.1) is 27.2 Å². The molecule has 2 rings (SSSR count). The lowest BCUT2D eigenvalue weighted by Crippen LogP contribution is -2.04. The maximum absolute atomic E-state index is 5.57. The minimum absolute atomic E-state index is 0.439. The molecule has 0 radical (unpaired) electrons. The number of hydrogen-bond donors (Lipinski definition) is 1. The van der Waals surface area contributed by atoms with Crippen LogP contribution < -0.4 is 5.73 Å². The van der Waals surface area contributed by atoms with Gasteiger partial charge < -0.3 is 5.73 Å². The number of pyridine rings is 1. The fourth-order valence-corrected chi connectivity index (χ4v) is 1.83. The molecule has 5 heteroatoms. The zero-order valence-electron chi connectivity index (χ0n) is 9.24. The molecule has 0 saturated carbocycles. The summed E-state index contributed by atoms with van der Waals surface area (Å²) in [7, 11) is 0. The Balaban J connectivity index is 2.54. The minimum atomic E-state index is 0.439. The van der Waals surface area contributed by atoms with Crippen molar-refractivity contribution >= 4 is 15.9 Å². The molecule has 2 N–H and O–H groups in total. The van der Waals surface area contributed by atoms with Crippen LogP contribution >= 0.6 is 15.9 Å². The second-order valence-corrected chi connectivity index (χ2v) is 4.40. The van der Waals surface area contributed by atoms with E-state index in [0.29, 0.717) is 6.54 Å². The first-order valence-corrected chi connectivity index (χ1v) is 5.80. The Morgan fingerprint density at radius 1 is 1.44 bits per heavy atom. The molecule has 0 aromatic carbocycles. The van der Waals surface area contributed by atoms with Gasteiger partial charge in [0, 0.05) is 12.7 Å². The van der Waals surface area contributed by atoms with Crippen LogP contribution in [-0.2, 0) is 6.54 Å². The standard InChI is InChI=1S/C11H13BrN4/c1-7-11(12)8(2)16(15-7)10-3-4-14-9(5-10)6-13/h3-5H,6,13H2,1-2H3. The molecule has 2 aromatic rings. The van der Waals surface area contributed by atoms with E-state index in [1.54, 1.807) is 6.20 Å². The van der Waals surface area contributed by atoms with Crippen molar-refractivity contribution in [1.29, 1.82) is 0 Å². The summed E-state index contributed by atoms with van der Waals surface area (Å²) < 4.78 is 2.93. The molecule has 0 spiro atoms. The second kappa shape index (κ2) is 4.35. The van der Waals surface area contributed by atoms with Gasteiger partial charge in [-0.25, -0.2) is 4.68 Å². The average Bonchev–Trinajstić information content (AvgIpc) is 2.57. The van der Waals surface area contributed by atoms with E-state index in [1.165, 1.54) is 0 Å². The highest BCUT2D eigenvalue weighted by Crippen LogP contribution is 2.22. The third kappa shape index (κ3) is 1.88. The number of halogens is 1. The van der Waals surface area contributed by atoms with E-state index in [-0.39, 0.29) is 0 Å². The number of aryl methyl sites for hydroxylation is 1. The SMILES string of the molecule is Cc1nn(-c2ccnc(CN)c2)c(C)c1Br. The number of aromatic nitrogens is 3. The normalized spacial score (nSPS) is 10.8. The van der Waals surface area contributed by atoms with Crippen molar-refractivity contribution in [3.63, 3.8) is 0 Å². The van der Waals surface area contributed by atoms with Crippen LogP contribution in [0.5, 0.6) is 0 Å². The summed E-state index contributed by atoms with van der Waals surface area (Å²) in [6, 6.07) is 3.87. The number of rotatable bonds is 2. The molecular formula is C11H13BrN4. The highest BCUT2D eigenvalue weighted by Gasteiger charge is 2.10. The number of nitrogens with zero attached hydrogens (tertiary/aromatic N) is 3. The molecule has 0 bridgehead atoms. The van der Waals surface area contributed by atoms with E-state index < -0.39 is 0 Å². The van der Waals surface area contributed by atoms with Gasteiger partial charge in [-0.2, -0.15) is 5.10 Å². The molecule has 2 aromatic heterocycles. The van der Waals surface area contributed by atoms with Crippen LogP contribution in [-0.4, -0.2) is 14.8 Å².